The molecule has 0 saturated carbocycles. The fraction of sp³-hybridized carbons (Fsp3) is 0.292. The van der Waals surface area contributed by atoms with Crippen LogP contribution in [0.25, 0.3) is 0 Å². The van der Waals surface area contributed by atoms with E-state index in [0.717, 1.165) is 17.8 Å². The van der Waals surface area contributed by atoms with E-state index in [1.807, 2.05) is 60.1 Å². The van der Waals surface area contributed by atoms with Gasteiger partial charge in [0, 0.05) is 0 Å². The van der Waals surface area contributed by atoms with Crippen LogP contribution in [0.4, 0.5) is 10.6 Å². The van der Waals surface area contributed by atoms with Gasteiger partial charge in [-0.2, -0.15) is 5.10 Å². The highest BCUT2D eigenvalue weighted by Gasteiger charge is 2.36. The maximum absolute atomic E-state index is 12.5. The molecule has 31 heavy (non-hydrogen) atoms. The molecule has 2 heterocycles. The van der Waals surface area contributed by atoms with Crippen molar-refractivity contribution in [3.05, 3.63) is 83.6 Å². The Morgan fingerprint density at radius 3 is 2.48 bits per heavy atom. The Balaban J connectivity index is 1.50. The zero-order valence-corrected chi connectivity index (χ0v) is 18.0. The standard InChI is InChI=1S/C24H28N6O/c1-16(17-10-6-4-7-11-17)27-23(31)29-21(25)19-15-26-30-22(19)28-20(14-24(30,2)3)18-12-8-5-9-13-18/h4-13,15-16,20,28H,14H2,1-3H3,(H3,25,27,29,31)/t16-,20?/m0/s1. The van der Waals surface area contributed by atoms with Crippen molar-refractivity contribution < 1.29 is 4.79 Å². The van der Waals surface area contributed by atoms with Crippen molar-refractivity contribution in [3.8, 4) is 0 Å². The van der Waals surface area contributed by atoms with Crippen molar-refractivity contribution in [1.29, 1.82) is 5.41 Å². The predicted molar refractivity (Wildman–Crippen MR) is 122 cm³/mol. The summed E-state index contributed by atoms with van der Waals surface area (Å²) in [6, 6.07) is 19.5. The van der Waals surface area contributed by atoms with Crippen molar-refractivity contribution >= 4 is 17.7 Å². The van der Waals surface area contributed by atoms with Crippen molar-refractivity contribution in [2.24, 2.45) is 0 Å². The zero-order chi connectivity index (χ0) is 22.0. The topological polar surface area (TPSA) is 94.8 Å². The summed E-state index contributed by atoms with van der Waals surface area (Å²) in [5, 5.41) is 22.1. The smallest absolute Gasteiger partial charge is 0.320 e. The number of aromatic nitrogens is 2. The van der Waals surface area contributed by atoms with Gasteiger partial charge in [-0.3, -0.25) is 10.7 Å². The number of urea groups is 1. The van der Waals surface area contributed by atoms with Gasteiger partial charge < -0.3 is 10.6 Å². The summed E-state index contributed by atoms with van der Waals surface area (Å²) in [6.07, 6.45) is 2.50. The van der Waals surface area contributed by atoms with Crippen LogP contribution in [0.1, 0.15) is 56.0 Å². The molecule has 0 bridgehead atoms. The third-order valence-corrected chi connectivity index (χ3v) is 5.71. The molecule has 2 amide bonds. The molecule has 1 aliphatic heterocycles. The lowest BCUT2D eigenvalue weighted by Crippen LogP contribution is -2.41. The lowest BCUT2D eigenvalue weighted by molar-refractivity contribution is 0.242. The maximum atomic E-state index is 12.5. The summed E-state index contributed by atoms with van der Waals surface area (Å²) in [7, 11) is 0. The Labute approximate surface area is 182 Å². The first-order valence-corrected chi connectivity index (χ1v) is 10.5. The average Bonchev–Trinajstić information content (AvgIpc) is 3.20. The summed E-state index contributed by atoms with van der Waals surface area (Å²) in [5.74, 6) is 0.752. The largest absolute Gasteiger partial charge is 0.363 e. The van der Waals surface area contributed by atoms with E-state index in [2.05, 4.69) is 47.0 Å². The number of carbonyl (C=O) groups excluding carboxylic acids is 1. The monoisotopic (exact) mass is 416 g/mol. The molecule has 2 aromatic carbocycles. The van der Waals surface area contributed by atoms with Gasteiger partial charge in [-0.05, 0) is 38.3 Å². The van der Waals surface area contributed by atoms with Gasteiger partial charge in [0.1, 0.15) is 11.7 Å². The SMILES string of the molecule is C[C@H](NC(=O)NC(=N)c1cnn2c1NC(c1ccccc1)CC2(C)C)c1ccccc1. The molecule has 2 atom stereocenters. The van der Waals surface area contributed by atoms with Gasteiger partial charge in [0.2, 0.25) is 0 Å². The molecule has 0 aliphatic carbocycles. The molecule has 3 aromatic rings. The molecule has 7 heteroatoms. The Bertz CT molecular complexity index is 1070. The Morgan fingerprint density at radius 2 is 1.81 bits per heavy atom. The van der Waals surface area contributed by atoms with Crippen LogP contribution in [0.2, 0.25) is 0 Å². The number of hydrogen-bond donors (Lipinski definition) is 4. The Hall–Kier alpha value is -3.61. The first-order chi connectivity index (χ1) is 14.8. The Morgan fingerprint density at radius 1 is 1.16 bits per heavy atom. The number of amides is 2. The van der Waals surface area contributed by atoms with Crippen molar-refractivity contribution in [3.63, 3.8) is 0 Å². The van der Waals surface area contributed by atoms with Crippen LogP contribution in [-0.2, 0) is 5.54 Å². The summed E-state index contributed by atoms with van der Waals surface area (Å²) in [4.78, 5) is 12.5. The van der Waals surface area contributed by atoms with Gasteiger partial charge in [-0.25, -0.2) is 9.48 Å². The fourth-order valence-electron chi connectivity index (χ4n) is 4.06. The second-order valence-corrected chi connectivity index (χ2v) is 8.55. The first kappa shape index (κ1) is 20.7. The van der Waals surface area contributed by atoms with Crippen molar-refractivity contribution in [2.75, 3.05) is 5.32 Å². The van der Waals surface area contributed by atoms with Crippen LogP contribution in [0, 0.1) is 5.41 Å². The normalized spacial score (nSPS) is 17.7. The molecule has 0 spiro atoms. The maximum Gasteiger partial charge on any atom is 0.320 e. The minimum Gasteiger partial charge on any atom is -0.363 e. The van der Waals surface area contributed by atoms with E-state index >= 15 is 0 Å². The highest BCUT2D eigenvalue weighted by molar-refractivity contribution is 6.08. The number of nitrogens with one attached hydrogen (secondary N) is 4. The quantitative estimate of drug-likeness (QED) is 0.371. The number of amidine groups is 1. The van der Waals surface area contributed by atoms with Gasteiger partial charge >= 0.3 is 6.03 Å². The molecule has 1 unspecified atom stereocenters. The molecular weight excluding hydrogens is 388 g/mol. The van der Waals surface area contributed by atoms with Crippen LogP contribution in [0.3, 0.4) is 0 Å². The summed E-state index contributed by atoms with van der Waals surface area (Å²) in [5.41, 5.74) is 2.52. The molecule has 0 fully saturated rings. The van der Waals surface area contributed by atoms with E-state index in [1.54, 1.807) is 6.20 Å². The van der Waals surface area contributed by atoms with E-state index in [0.29, 0.717) is 5.56 Å². The van der Waals surface area contributed by atoms with Gasteiger partial charge in [-0.15, -0.1) is 0 Å². The first-order valence-electron chi connectivity index (χ1n) is 10.5. The minimum atomic E-state index is -0.420. The van der Waals surface area contributed by atoms with E-state index in [4.69, 9.17) is 5.41 Å². The number of benzene rings is 2. The predicted octanol–water partition coefficient (Wildman–Crippen LogP) is 4.56. The molecular formula is C24H28N6O. The minimum absolute atomic E-state index is 0.0102. The molecule has 1 aliphatic rings. The van der Waals surface area contributed by atoms with Crippen LogP contribution >= 0.6 is 0 Å². The molecule has 1 aromatic heterocycles. The van der Waals surface area contributed by atoms with Crippen LogP contribution in [-0.4, -0.2) is 21.6 Å². The van der Waals surface area contributed by atoms with Gasteiger partial charge in [-0.1, -0.05) is 60.7 Å². The number of hydrogen-bond acceptors (Lipinski definition) is 4. The lowest BCUT2D eigenvalue weighted by Gasteiger charge is -2.38. The number of carbonyl (C=O) groups is 1. The molecule has 0 saturated heterocycles. The van der Waals surface area contributed by atoms with Crippen molar-refractivity contribution in [1.82, 2.24) is 20.4 Å². The van der Waals surface area contributed by atoms with Crippen LogP contribution < -0.4 is 16.0 Å². The molecule has 7 nitrogen and oxygen atoms in total. The van der Waals surface area contributed by atoms with E-state index in [9.17, 15) is 4.79 Å². The summed E-state index contributed by atoms with van der Waals surface area (Å²) < 4.78 is 1.91. The van der Waals surface area contributed by atoms with Gasteiger partial charge in [0.15, 0.2) is 0 Å². The number of rotatable bonds is 4. The number of fused-ring (bicyclic) bond motifs is 1. The van der Waals surface area contributed by atoms with E-state index in [1.165, 1.54) is 5.56 Å². The fourth-order valence-corrected chi connectivity index (χ4v) is 4.06. The third-order valence-electron chi connectivity index (χ3n) is 5.71. The molecule has 4 N–H and O–H groups in total. The van der Waals surface area contributed by atoms with E-state index in [-0.39, 0.29) is 23.5 Å². The molecule has 0 radical (unpaired) electrons. The van der Waals surface area contributed by atoms with Gasteiger partial charge in [0.25, 0.3) is 0 Å². The summed E-state index contributed by atoms with van der Waals surface area (Å²) in [6.45, 7) is 6.18. The van der Waals surface area contributed by atoms with Crippen molar-refractivity contribution in [2.45, 2.75) is 44.8 Å². The lowest BCUT2D eigenvalue weighted by atomic mass is 9.89. The Kier molecular flexibility index (Phi) is 5.50. The number of nitrogens with zero attached hydrogens (tertiary/aromatic N) is 2. The molecule has 4 rings (SSSR count). The second kappa shape index (κ2) is 8.26. The van der Waals surface area contributed by atoms with E-state index < -0.39 is 6.03 Å². The number of anilines is 1. The summed E-state index contributed by atoms with van der Waals surface area (Å²) >= 11 is 0. The highest BCUT2D eigenvalue weighted by Crippen LogP contribution is 2.39. The van der Waals surface area contributed by atoms with Gasteiger partial charge in [0.05, 0.1) is 29.4 Å². The average molecular weight is 417 g/mol. The second-order valence-electron chi connectivity index (χ2n) is 8.55. The molecule has 160 valence electrons. The highest BCUT2D eigenvalue weighted by atomic mass is 16.2. The van der Waals surface area contributed by atoms with Crippen LogP contribution in [0.15, 0.2) is 66.9 Å². The zero-order valence-electron chi connectivity index (χ0n) is 18.0. The van der Waals surface area contributed by atoms with Crippen LogP contribution in [0.5, 0.6) is 0 Å². The third kappa shape index (κ3) is 4.30.